The molecule has 0 aromatic heterocycles. The van der Waals surface area contributed by atoms with Crippen LogP contribution in [0.25, 0.3) is 0 Å². The molecule has 5 nitrogen and oxygen atoms in total. The Kier molecular flexibility index (Phi) is 5.07. The van der Waals surface area contributed by atoms with Gasteiger partial charge in [-0.05, 0) is 18.1 Å². The summed E-state index contributed by atoms with van der Waals surface area (Å²) in [5, 5.41) is 8.89. The Balaban J connectivity index is 2.86. The second-order valence-electron chi connectivity index (χ2n) is 4.30. The Morgan fingerprint density at radius 2 is 2.05 bits per heavy atom. The van der Waals surface area contributed by atoms with E-state index in [0.717, 1.165) is 0 Å². The third-order valence-electron chi connectivity index (χ3n) is 2.80. The molecule has 0 aliphatic carbocycles. The molecule has 102 valence electrons. The molecule has 0 heterocycles. The molecule has 0 saturated carbocycles. The van der Waals surface area contributed by atoms with E-state index in [2.05, 4.69) is 0 Å². The summed E-state index contributed by atoms with van der Waals surface area (Å²) in [6.07, 6.45) is 0.566. The summed E-state index contributed by atoms with van der Waals surface area (Å²) in [5.74, 6) is -1.25. The molecule has 0 saturated heterocycles. The van der Waals surface area contributed by atoms with Gasteiger partial charge in [0.1, 0.15) is 0 Å². The van der Waals surface area contributed by atoms with Crippen LogP contribution in [-0.4, -0.2) is 14.3 Å². The molecule has 0 aliphatic heterocycles. The lowest BCUT2D eigenvalue weighted by atomic mass is 10.1. The van der Waals surface area contributed by atoms with Gasteiger partial charge in [0.05, 0.1) is 17.4 Å². The zero-order valence-electron chi connectivity index (χ0n) is 10.9. The third kappa shape index (κ3) is 4.38. The molecule has 0 radical (unpaired) electrons. The van der Waals surface area contributed by atoms with Gasteiger partial charge in [-0.1, -0.05) is 32.0 Å². The molecule has 6 heteroatoms. The Labute approximate surface area is 113 Å². The second kappa shape index (κ2) is 6.34. The van der Waals surface area contributed by atoms with E-state index in [4.69, 9.17) is 5.26 Å². The average Bonchev–Trinajstić information content (AvgIpc) is 2.37. The van der Waals surface area contributed by atoms with Gasteiger partial charge in [0.25, 0.3) is 0 Å². The summed E-state index contributed by atoms with van der Waals surface area (Å²) in [5.41, 5.74) is 0.679. The van der Waals surface area contributed by atoms with Crippen molar-refractivity contribution in [3.8, 4) is 6.07 Å². The van der Waals surface area contributed by atoms with Crippen molar-refractivity contribution < 1.29 is 13.2 Å². The monoisotopic (exact) mass is 280 g/mol. The zero-order chi connectivity index (χ0) is 14.5. The first-order valence-corrected chi connectivity index (χ1v) is 7.57. The van der Waals surface area contributed by atoms with Crippen molar-refractivity contribution in [3.63, 3.8) is 0 Å². The van der Waals surface area contributed by atoms with Crippen molar-refractivity contribution in [2.24, 2.45) is 5.92 Å². The van der Waals surface area contributed by atoms with Crippen molar-refractivity contribution in [3.05, 3.63) is 35.4 Å². The molecule has 1 amide bonds. The van der Waals surface area contributed by atoms with E-state index in [1.807, 2.05) is 17.7 Å². The molecule has 1 rings (SSSR count). The van der Waals surface area contributed by atoms with Crippen LogP contribution in [0, 0.1) is 17.2 Å². The molecule has 19 heavy (non-hydrogen) atoms. The molecule has 1 aromatic rings. The molecule has 1 atom stereocenters. The SMILES string of the molecule is CC[C@H](C)C(=O)NS(=O)(=O)Cc1ccccc1C#N. The van der Waals surface area contributed by atoms with Crippen LogP contribution in [0.4, 0.5) is 0 Å². The minimum absolute atomic E-state index is 0.295. The lowest BCUT2D eigenvalue weighted by molar-refractivity contribution is -0.122. The lowest BCUT2D eigenvalue weighted by Crippen LogP contribution is -2.35. The molecule has 1 N–H and O–H groups in total. The highest BCUT2D eigenvalue weighted by Gasteiger charge is 2.20. The standard InChI is InChI=1S/C13H16N2O3S/c1-3-10(2)13(16)15-19(17,18)9-12-7-5-4-6-11(12)8-14/h4-7,10H,3,9H2,1-2H3,(H,15,16)/t10-/m0/s1. The maximum absolute atomic E-state index is 11.9. The molecule has 0 unspecified atom stereocenters. The van der Waals surface area contributed by atoms with E-state index in [9.17, 15) is 13.2 Å². The number of carbonyl (C=O) groups is 1. The average molecular weight is 280 g/mol. The molecular weight excluding hydrogens is 264 g/mol. The van der Waals surface area contributed by atoms with Crippen molar-refractivity contribution >= 4 is 15.9 Å². The minimum Gasteiger partial charge on any atom is -0.274 e. The fraction of sp³-hybridized carbons (Fsp3) is 0.385. The van der Waals surface area contributed by atoms with Crippen LogP contribution in [0.1, 0.15) is 31.4 Å². The van der Waals surface area contributed by atoms with Crippen molar-refractivity contribution in [2.45, 2.75) is 26.0 Å². The van der Waals surface area contributed by atoms with Crippen LogP contribution in [0.15, 0.2) is 24.3 Å². The number of nitrogens with zero attached hydrogens (tertiary/aromatic N) is 1. The quantitative estimate of drug-likeness (QED) is 0.886. The smallest absolute Gasteiger partial charge is 0.239 e. The highest BCUT2D eigenvalue weighted by molar-refractivity contribution is 7.89. The predicted molar refractivity (Wildman–Crippen MR) is 71.4 cm³/mol. The van der Waals surface area contributed by atoms with Crippen molar-refractivity contribution in [1.29, 1.82) is 5.26 Å². The van der Waals surface area contributed by atoms with Crippen LogP contribution < -0.4 is 4.72 Å². The van der Waals surface area contributed by atoms with Crippen molar-refractivity contribution in [1.82, 2.24) is 4.72 Å². The zero-order valence-corrected chi connectivity index (χ0v) is 11.7. The van der Waals surface area contributed by atoms with Crippen LogP contribution in [0.3, 0.4) is 0 Å². The molecular formula is C13H16N2O3S. The van der Waals surface area contributed by atoms with E-state index in [-0.39, 0.29) is 11.7 Å². The fourth-order valence-corrected chi connectivity index (χ4v) is 2.68. The summed E-state index contributed by atoms with van der Waals surface area (Å²) in [6.45, 7) is 3.47. The highest BCUT2D eigenvalue weighted by Crippen LogP contribution is 2.11. The van der Waals surface area contributed by atoms with Gasteiger partial charge in [-0.25, -0.2) is 8.42 Å². The molecule has 1 aromatic carbocycles. The van der Waals surface area contributed by atoms with E-state index >= 15 is 0 Å². The number of hydrogen-bond acceptors (Lipinski definition) is 4. The first kappa shape index (κ1) is 15.2. The maximum atomic E-state index is 11.9. The topological polar surface area (TPSA) is 87.0 Å². The third-order valence-corrected chi connectivity index (χ3v) is 4.00. The maximum Gasteiger partial charge on any atom is 0.239 e. The van der Waals surface area contributed by atoms with Crippen LogP contribution in [-0.2, 0) is 20.6 Å². The summed E-state index contributed by atoms with van der Waals surface area (Å²) < 4.78 is 25.7. The van der Waals surface area contributed by atoms with Gasteiger partial charge in [0.2, 0.25) is 15.9 Å². The lowest BCUT2D eigenvalue weighted by Gasteiger charge is -2.11. The van der Waals surface area contributed by atoms with Crippen molar-refractivity contribution in [2.75, 3.05) is 0 Å². The number of rotatable bonds is 5. The van der Waals surface area contributed by atoms with E-state index in [0.29, 0.717) is 17.5 Å². The Morgan fingerprint density at radius 3 is 2.63 bits per heavy atom. The van der Waals surface area contributed by atoms with E-state index < -0.39 is 15.9 Å². The number of amides is 1. The van der Waals surface area contributed by atoms with Gasteiger partial charge >= 0.3 is 0 Å². The summed E-state index contributed by atoms with van der Waals surface area (Å²) >= 11 is 0. The van der Waals surface area contributed by atoms with Gasteiger partial charge in [-0.15, -0.1) is 0 Å². The molecule has 0 spiro atoms. The first-order chi connectivity index (χ1) is 8.89. The molecule has 0 fully saturated rings. The van der Waals surface area contributed by atoms with E-state index in [1.54, 1.807) is 31.2 Å². The largest absolute Gasteiger partial charge is 0.274 e. The second-order valence-corrected chi connectivity index (χ2v) is 6.03. The molecule has 0 bridgehead atoms. The number of carbonyl (C=O) groups excluding carboxylic acids is 1. The number of benzene rings is 1. The predicted octanol–water partition coefficient (Wildman–Crippen LogP) is 1.55. The molecule has 0 aliphatic rings. The van der Waals surface area contributed by atoms with Crippen LogP contribution in [0.5, 0.6) is 0 Å². The van der Waals surface area contributed by atoms with Gasteiger partial charge in [0.15, 0.2) is 0 Å². The van der Waals surface area contributed by atoms with Gasteiger partial charge in [-0.2, -0.15) is 5.26 Å². The van der Waals surface area contributed by atoms with Gasteiger partial charge in [0, 0.05) is 5.92 Å². The Bertz CT molecular complexity index is 603. The summed E-state index contributed by atoms with van der Waals surface area (Å²) in [7, 11) is -3.77. The number of hydrogen-bond donors (Lipinski definition) is 1. The summed E-state index contributed by atoms with van der Waals surface area (Å²) in [6, 6.07) is 8.35. The Morgan fingerprint density at radius 1 is 1.42 bits per heavy atom. The number of sulfonamides is 1. The van der Waals surface area contributed by atoms with Gasteiger partial charge < -0.3 is 0 Å². The van der Waals surface area contributed by atoms with Crippen LogP contribution in [0.2, 0.25) is 0 Å². The first-order valence-electron chi connectivity index (χ1n) is 5.92. The summed E-state index contributed by atoms with van der Waals surface area (Å²) in [4.78, 5) is 11.6. The van der Waals surface area contributed by atoms with Crippen LogP contribution >= 0.6 is 0 Å². The van der Waals surface area contributed by atoms with E-state index in [1.165, 1.54) is 0 Å². The minimum atomic E-state index is -3.77. The normalized spacial score (nSPS) is 12.5. The highest BCUT2D eigenvalue weighted by atomic mass is 32.2. The Hall–Kier alpha value is -1.87. The fourth-order valence-electron chi connectivity index (χ4n) is 1.44. The van der Waals surface area contributed by atoms with Gasteiger partial charge in [-0.3, -0.25) is 9.52 Å². The number of nitriles is 1. The number of nitrogens with one attached hydrogen (secondary N) is 1.